The van der Waals surface area contributed by atoms with Crippen molar-refractivity contribution < 1.29 is 36.5 Å². The summed E-state index contributed by atoms with van der Waals surface area (Å²) in [5.74, 6) is -1.99. The lowest BCUT2D eigenvalue weighted by Crippen LogP contribution is -2.54. The van der Waals surface area contributed by atoms with Gasteiger partial charge >= 0.3 is 10.3 Å². The Morgan fingerprint density at radius 2 is 1.87 bits per heavy atom. The van der Waals surface area contributed by atoms with Gasteiger partial charge in [0.15, 0.2) is 0 Å². The van der Waals surface area contributed by atoms with E-state index in [2.05, 4.69) is 23.9 Å². The molecule has 54 heavy (non-hydrogen) atoms. The van der Waals surface area contributed by atoms with Crippen LogP contribution in [0.2, 0.25) is 0 Å². The normalized spacial score (nSPS) is 26.8. The number of hydrogen-bond donors (Lipinski definition) is 2. The zero-order valence-corrected chi connectivity index (χ0v) is 33.3. The van der Waals surface area contributed by atoms with Crippen LogP contribution in [-0.4, -0.2) is 79.0 Å². The van der Waals surface area contributed by atoms with E-state index in [9.17, 15) is 22.8 Å². The van der Waals surface area contributed by atoms with E-state index in [-0.39, 0.29) is 31.1 Å². The molecule has 15 heteroatoms. The second-order valence-electron chi connectivity index (χ2n) is 15.8. The minimum absolute atomic E-state index is 0.168. The fourth-order valence-corrected chi connectivity index (χ4v) is 9.70. The van der Waals surface area contributed by atoms with Crippen molar-refractivity contribution in [2.75, 3.05) is 20.7 Å². The van der Waals surface area contributed by atoms with E-state index in [1.54, 1.807) is 26.0 Å². The Bertz CT molecular complexity index is 2110. The number of hydrogen-bond acceptors (Lipinski definition) is 11. The van der Waals surface area contributed by atoms with Crippen LogP contribution in [-0.2, 0) is 28.9 Å². The zero-order chi connectivity index (χ0) is 38.6. The Balaban J connectivity index is 1.20. The molecule has 3 aromatic rings. The molecular weight excluding hydrogens is 731 g/mol. The first-order chi connectivity index (χ1) is 25.6. The number of thiazole rings is 1. The lowest BCUT2D eigenvalue weighted by atomic mass is 9.93. The molecular formula is C39H49N5O8S2. The molecule has 0 spiro atoms. The zero-order valence-electron chi connectivity index (χ0n) is 31.6. The first-order valence-corrected chi connectivity index (χ1v) is 21.0. The number of aromatic nitrogens is 2. The predicted octanol–water partition coefficient (Wildman–Crippen LogP) is 5.58. The van der Waals surface area contributed by atoms with Gasteiger partial charge in [-0.1, -0.05) is 26.0 Å². The smallest absolute Gasteiger partial charge is 0.362 e. The van der Waals surface area contributed by atoms with Crippen molar-refractivity contribution in [2.24, 2.45) is 17.8 Å². The molecule has 3 fully saturated rings. The summed E-state index contributed by atoms with van der Waals surface area (Å²) in [5.41, 5.74) is 0.824. The van der Waals surface area contributed by atoms with Crippen LogP contribution in [0.3, 0.4) is 0 Å². The van der Waals surface area contributed by atoms with Gasteiger partial charge in [-0.05, 0) is 83.3 Å². The number of pyridine rings is 1. The van der Waals surface area contributed by atoms with Crippen LogP contribution in [0.1, 0.15) is 89.3 Å². The number of carbonyl (C=O) groups is 3. The number of methoxy groups -OCH3 is 1. The van der Waals surface area contributed by atoms with Crippen LogP contribution in [0.25, 0.3) is 21.6 Å². The van der Waals surface area contributed by atoms with Crippen molar-refractivity contribution in [3.05, 3.63) is 47.0 Å². The molecule has 2 N–H and O–H groups in total. The number of allylic oxidation sites excluding steroid dienone is 1. The second-order valence-corrected chi connectivity index (χ2v) is 18.0. The van der Waals surface area contributed by atoms with E-state index in [0.717, 1.165) is 40.9 Å². The van der Waals surface area contributed by atoms with Gasteiger partial charge in [0.05, 0.1) is 35.8 Å². The Morgan fingerprint density at radius 3 is 2.57 bits per heavy atom. The maximum absolute atomic E-state index is 14.3. The molecule has 2 aromatic heterocycles. The minimum atomic E-state index is -4.42. The van der Waals surface area contributed by atoms with Crippen molar-refractivity contribution >= 4 is 50.3 Å². The number of benzene rings is 1. The van der Waals surface area contributed by atoms with Gasteiger partial charge in [-0.15, -0.1) is 11.3 Å². The molecule has 3 heterocycles. The molecule has 5 unspecified atom stereocenters. The summed E-state index contributed by atoms with van der Waals surface area (Å²) in [5, 5.41) is 6.46. The molecule has 0 saturated heterocycles. The molecule has 0 bridgehead atoms. The largest absolute Gasteiger partial charge is 0.496 e. The van der Waals surface area contributed by atoms with Crippen molar-refractivity contribution in [1.29, 1.82) is 0 Å². The lowest BCUT2D eigenvalue weighted by molar-refractivity contribution is -0.140. The minimum Gasteiger partial charge on any atom is -0.496 e. The van der Waals surface area contributed by atoms with E-state index in [0.29, 0.717) is 42.1 Å². The van der Waals surface area contributed by atoms with Crippen LogP contribution < -0.4 is 19.5 Å². The van der Waals surface area contributed by atoms with Gasteiger partial charge in [0.1, 0.15) is 33.8 Å². The van der Waals surface area contributed by atoms with Gasteiger partial charge in [-0.3, -0.25) is 14.4 Å². The van der Waals surface area contributed by atoms with E-state index in [4.69, 9.17) is 23.6 Å². The summed E-state index contributed by atoms with van der Waals surface area (Å²) < 4.78 is 45.4. The second kappa shape index (κ2) is 14.5. The number of rotatable bonds is 9. The number of fused-ring (bicyclic) bond motifs is 3. The number of carbonyl (C=O) groups excluding carboxylic acids is 3. The number of nitrogens with zero attached hydrogens (tertiary/aromatic N) is 3. The van der Waals surface area contributed by atoms with Crippen molar-refractivity contribution in [3.8, 4) is 22.2 Å². The third-order valence-electron chi connectivity index (χ3n) is 11.3. The molecule has 5 atom stereocenters. The maximum Gasteiger partial charge on any atom is 0.362 e. The highest BCUT2D eigenvalue weighted by molar-refractivity contribution is 7.85. The topological polar surface area (TPSA) is 166 Å². The van der Waals surface area contributed by atoms with E-state index in [1.807, 2.05) is 42.7 Å². The summed E-state index contributed by atoms with van der Waals surface area (Å²) >= 11 is 1.51. The molecule has 0 radical (unpaired) electrons. The van der Waals surface area contributed by atoms with Crippen LogP contribution in [0.4, 0.5) is 0 Å². The summed E-state index contributed by atoms with van der Waals surface area (Å²) in [6.45, 7) is 8.33. The average Bonchev–Trinajstić information content (AvgIpc) is 3.84. The number of ether oxygens (including phenoxy) is 2. The summed E-state index contributed by atoms with van der Waals surface area (Å²) in [6.07, 6.45) is 7.46. The van der Waals surface area contributed by atoms with Crippen LogP contribution >= 0.6 is 11.3 Å². The molecule has 290 valence electrons. The van der Waals surface area contributed by atoms with Crippen LogP contribution in [0.15, 0.2) is 35.7 Å². The van der Waals surface area contributed by atoms with Gasteiger partial charge in [0.25, 0.3) is 5.91 Å². The third kappa shape index (κ3) is 7.72. The number of nitrogens with one attached hydrogen (secondary N) is 2. The van der Waals surface area contributed by atoms with Gasteiger partial charge in [0, 0.05) is 41.9 Å². The third-order valence-corrected chi connectivity index (χ3v) is 13.2. The predicted molar refractivity (Wildman–Crippen MR) is 204 cm³/mol. The first kappa shape index (κ1) is 38.2. The van der Waals surface area contributed by atoms with Gasteiger partial charge in [0.2, 0.25) is 11.8 Å². The Kier molecular flexibility index (Phi) is 10.3. The van der Waals surface area contributed by atoms with E-state index < -0.39 is 57.1 Å². The number of amides is 3. The van der Waals surface area contributed by atoms with Crippen molar-refractivity contribution in [2.45, 2.75) is 102 Å². The quantitative estimate of drug-likeness (QED) is 0.262. The number of aryl methyl sites for hydroxylation is 1. The van der Waals surface area contributed by atoms with Gasteiger partial charge in [-0.2, -0.15) is 8.42 Å². The average molecular weight is 780 g/mol. The van der Waals surface area contributed by atoms with Gasteiger partial charge < -0.3 is 19.7 Å². The van der Waals surface area contributed by atoms with Crippen molar-refractivity contribution in [1.82, 2.24) is 24.9 Å². The molecule has 1 aromatic carbocycles. The Labute approximate surface area is 320 Å². The lowest BCUT2D eigenvalue weighted by Gasteiger charge is -2.26. The molecule has 7 rings (SSSR count). The first-order valence-electron chi connectivity index (χ1n) is 18.7. The van der Waals surface area contributed by atoms with Gasteiger partial charge in [-0.25, -0.2) is 18.9 Å². The standard InChI is InChI=1S/C39H49N5O8S2/c1-22(2)30-21-53-35(41-30)29-19-32(26-12-13-31(50-6)23(3)33(26)40-29)51-25-17-27-28(18-25)36(46)44(5)16-10-8-7-9-11-24-20-39(24,42-34(27)45)37(47)43-54(48,49)52-38(4)14-15-38/h9,11-13,19,21-22,24-25,27-28H,7-8,10,14-18,20H2,1-6H3,(H,42,45)(H,43,47). The highest BCUT2D eigenvalue weighted by Gasteiger charge is 2.62. The van der Waals surface area contributed by atoms with Crippen LogP contribution in [0.5, 0.6) is 11.5 Å². The SMILES string of the molecule is COc1ccc2c(OC3CC4C(=O)NC5(C(=O)NS(=O)(=O)OC6(C)CC6)CC5C=CCCCCN(C)C(=O)C4C3)cc(-c3nc(C(C)C)cs3)nc2c1C. The highest BCUT2D eigenvalue weighted by Crippen LogP contribution is 2.48. The summed E-state index contributed by atoms with van der Waals surface area (Å²) in [6, 6.07) is 5.64. The Hall–Kier alpha value is -4.08. The Morgan fingerprint density at radius 1 is 1.11 bits per heavy atom. The fraction of sp³-hybridized carbons (Fsp3) is 0.564. The molecule has 1 aliphatic heterocycles. The van der Waals surface area contributed by atoms with E-state index >= 15 is 0 Å². The molecule has 13 nitrogen and oxygen atoms in total. The van der Waals surface area contributed by atoms with Crippen molar-refractivity contribution in [3.63, 3.8) is 0 Å². The monoisotopic (exact) mass is 779 g/mol. The van der Waals surface area contributed by atoms with Crippen LogP contribution in [0, 0.1) is 24.7 Å². The maximum atomic E-state index is 14.3. The molecule has 3 aliphatic carbocycles. The summed E-state index contributed by atoms with van der Waals surface area (Å²) in [4.78, 5) is 53.7. The fourth-order valence-electron chi connectivity index (χ4n) is 7.62. The summed E-state index contributed by atoms with van der Waals surface area (Å²) in [7, 11) is -1.05. The molecule has 4 aliphatic rings. The molecule has 3 saturated carbocycles. The highest BCUT2D eigenvalue weighted by atomic mass is 32.2. The molecule has 3 amide bonds. The van der Waals surface area contributed by atoms with E-state index in [1.165, 1.54) is 11.3 Å².